The fourth-order valence-electron chi connectivity index (χ4n) is 2.57. The molecule has 0 atom stereocenters. The van der Waals surface area contributed by atoms with Crippen LogP contribution in [0.15, 0.2) is 4.99 Å². The Labute approximate surface area is 131 Å². The summed E-state index contributed by atoms with van der Waals surface area (Å²) in [6.07, 6.45) is 4.56. The van der Waals surface area contributed by atoms with Crippen LogP contribution in [0.3, 0.4) is 0 Å². The lowest BCUT2D eigenvalue weighted by molar-refractivity contribution is -0.135. The first-order valence-corrected chi connectivity index (χ1v) is 8.10. The topological polar surface area (TPSA) is 68.2 Å². The van der Waals surface area contributed by atoms with Crippen molar-refractivity contribution in [1.29, 1.82) is 0 Å². The van der Waals surface area contributed by atoms with Crippen molar-refractivity contribution in [3.05, 3.63) is 0 Å². The molecule has 0 unspecified atom stereocenters. The number of nitrogens with one attached hydrogen (secondary N) is 1. The lowest BCUT2D eigenvalue weighted by atomic mass is 10.3. The van der Waals surface area contributed by atoms with Gasteiger partial charge in [-0.3, -0.25) is 9.59 Å². The van der Waals surface area contributed by atoms with Gasteiger partial charge in [-0.2, -0.15) is 0 Å². The normalized spacial score (nSPS) is 22.8. The number of aliphatic imine (C=N–C) groups is 1. The van der Waals surface area contributed by atoms with Gasteiger partial charge in [-0.25, -0.2) is 4.99 Å². The number of hydrogen-bond donors (Lipinski definition) is 1. The molecule has 2 aliphatic carbocycles. The second-order valence-electron chi connectivity index (χ2n) is 6.59. The zero-order chi connectivity index (χ0) is 15.7. The maximum absolute atomic E-state index is 12.3. The summed E-state index contributed by atoms with van der Waals surface area (Å²) in [6.45, 7) is 2.04. The SMILES string of the molecule is CN(C)C(=O)CN=C(NC1CC1)N1CCN(C2CC2)C(=O)C1. The molecule has 7 heteroatoms. The molecule has 0 spiro atoms. The Kier molecular flexibility index (Phi) is 4.22. The summed E-state index contributed by atoms with van der Waals surface area (Å²) < 4.78 is 0. The van der Waals surface area contributed by atoms with Crippen LogP contribution in [-0.2, 0) is 9.59 Å². The van der Waals surface area contributed by atoms with E-state index in [0.717, 1.165) is 38.8 Å². The number of nitrogens with zero attached hydrogens (tertiary/aromatic N) is 4. The zero-order valence-corrected chi connectivity index (χ0v) is 13.4. The molecule has 22 heavy (non-hydrogen) atoms. The van der Waals surface area contributed by atoms with Crippen molar-refractivity contribution in [3.8, 4) is 0 Å². The van der Waals surface area contributed by atoms with Crippen LogP contribution in [0.1, 0.15) is 25.7 Å². The summed E-state index contributed by atoms with van der Waals surface area (Å²) in [7, 11) is 3.45. The third-order valence-electron chi connectivity index (χ3n) is 4.32. The molecule has 3 fully saturated rings. The number of piperazine rings is 1. The Hall–Kier alpha value is -1.79. The third-order valence-corrected chi connectivity index (χ3v) is 4.32. The van der Waals surface area contributed by atoms with Gasteiger partial charge in [0.1, 0.15) is 6.54 Å². The van der Waals surface area contributed by atoms with Gasteiger partial charge in [0.25, 0.3) is 0 Å². The molecule has 2 saturated carbocycles. The molecule has 2 amide bonds. The van der Waals surface area contributed by atoms with Crippen LogP contribution in [-0.4, -0.2) is 84.8 Å². The van der Waals surface area contributed by atoms with Crippen molar-refractivity contribution in [3.63, 3.8) is 0 Å². The molecule has 3 aliphatic rings. The largest absolute Gasteiger partial charge is 0.353 e. The van der Waals surface area contributed by atoms with E-state index in [9.17, 15) is 9.59 Å². The van der Waals surface area contributed by atoms with Crippen LogP contribution >= 0.6 is 0 Å². The number of likely N-dealkylation sites (N-methyl/N-ethyl adjacent to an activating group) is 1. The molecule has 1 saturated heterocycles. The third kappa shape index (κ3) is 3.69. The second-order valence-corrected chi connectivity index (χ2v) is 6.59. The molecule has 7 nitrogen and oxygen atoms in total. The molecule has 1 N–H and O–H groups in total. The number of carbonyl (C=O) groups is 2. The summed E-state index contributed by atoms with van der Waals surface area (Å²) >= 11 is 0. The Bertz CT molecular complexity index is 482. The van der Waals surface area contributed by atoms with E-state index in [1.807, 2.05) is 9.80 Å². The van der Waals surface area contributed by atoms with Crippen LogP contribution in [0.5, 0.6) is 0 Å². The van der Waals surface area contributed by atoms with Crippen molar-refractivity contribution in [2.45, 2.75) is 37.8 Å². The van der Waals surface area contributed by atoms with Crippen LogP contribution in [0, 0.1) is 0 Å². The Balaban J connectivity index is 1.62. The number of hydrogen-bond acceptors (Lipinski definition) is 3. The van der Waals surface area contributed by atoms with Gasteiger partial charge in [-0.1, -0.05) is 0 Å². The van der Waals surface area contributed by atoms with Crippen LogP contribution in [0.4, 0.5) is 0 Å². The van der Waals surface area contributed by atoms with Crippen molar-refractivity contribution < 1.29 is 9.59 Å². The summed E-state index contributed by atoms with van der Waals surface area (Å²) in [5.41, 5.74) is 0. The van der Waals surface area contributed by atoms with E-state index in [2.05, 4.69) is 10.3 Å². The molecule has 122 valence electrons. The first kappa shape index (κ1) is 15.1. The average molecular weight is 307 g/mol. The number of amides is 2. The van der Waals surface area contributed by atoms with Gasteiger partial charge in [-0.15, -0.1) is 0 Å². The Morgan fingerprint density at radius 2 is 2.00 bits per heavy atom. The molecular weight excluding hydrogens is 282 g/mol. The minimum Gasteiger partial charge on any atom is -0.353 e. The Morgan fingerprint density at radius 1 is 1.27 bits per heavy atom. The quantitative estimate of drug-likeness (QED) is 0.561. The number of rotatable bonds is 4. The van der Waals surface area contributed by atoms with Gasteiger partial charge in [0.15, 0.2) is 5.96 Å². The molecule has 0 aromatic heterocycles. The number of carbonyl (C=O) groups excluding carboxylic acids is 2. The highest BCUT2D eigenvalue weighted by Crippen LogP contribution is 2.28. The van der Waals surface area contributed by atoms with Crippen LogP contribution < -0.4 is 5.32 Å². The van der Waals surface area contributed by atoms with Gasteiger partial charge >= 0.3 is 0 Å². The fraction of sp³-hybridized carbons (Fsp3) is 0.800. The first-order chi connectivity index (χ1) is 10.5. The van der Waals surface area contributed by atoms with Crippen molar-refractivity contribution in [1.82, 2.24) is 20.0 Å². The number of guanidine groups is 1. The Morgan fingerprint density at radius 3 is 2.55 bits per heavy atom. The highest BCUT2D eigenvalue weighted by Gasteiger charge is 2.37. The van der Waals surface area contributed by atoms with Crippen molar-refractivity contribution in [2.24, 2.45) is 4.99 Å². The predicted molar refractivity (Wildman–Crippen MR) is 83.5 cm³/mol. The van der Waals surface area contributed by atoms with E-state index in [0.29, 0.717) is 24.6 Å². The van der Waals surface area contributed by atoms with Gasteiger partial charge in [-0.05, 0) is 25.7 Å². The van der Waals surface area contributed by atoms with Gasteiger partial charge in [0.05, 0.1) is 6.54 Å². The zero-order valence-electron chi connectivity index (χ0n) is 13.4. The lowest BCUT2D eigenvalue weighted by Gasteiger charge is -2.36. The van der Waals surface area contributed by atoms with Gasteiger partial charge in [0, 0.05) is 39.3 Å². The highest BCUT2D eigenvalue weighted by molar-refractivity contribution is 5.89. The minimum absolute atomic E-state index is 0.0296. The summed E-state index contributed by atoms with van der Waals surface area (Å²) in [5.74, 6) is 0.859. The molecule has 3 rings (SSSR count). The van der Waals surface area contributed by atoms with Gasteiger partial charge in [0.2, 0.25) is 11.8 Å². The standard InChI is InChI=1S/C15H25N5O2/c1-18(2)13(21)9-16-15(17-11-3-4-11)19-7-8-20(12-5-6-12)14(22)10-19/h11-12H,3-10H2,1-2H3,(H,16,17). The van der Waals surface area contributed by atoms with Crippen LogP contribution in [0.25, 0.3) is 0 Å². The summed E-state index contributed by atoms with van der Waals surface area (Å²) in [6, 6.07) is 0.923. The molecule has 0 radical (unpaired) electrons. The summed E-state index contributed by atoms with van der Waals surface area (Å²) in [4.78, 5) is 34.0. The van der Waals surface area contributed by atoms with Crippen LogP contribution in [0.2, 0.25) is 0 Å². The van der Waals surface area contributed by atoms with E-state index >= 15 is 0 Å². The fourth-order valence-corrected chi connectivity index (χ4v) is 2.57. The monoisotopic (exact) mass is 307 g/mol. The maximum atomic E-state index is 12.3. The minimum atomic E-state index is -0.0296. The van der Waals surface area contributed by atoms with E-state index in [4.69, 9.17) is 0 Å². The van der Waals surface area contributed by atoms with Crippen molar-refractivity contribution >= 4 is 17.8 Å². The highest BCUT2D eigenvalue weighted by atomic mass is 16.2. The maximum Gasteiger partial charge on any atom is 0.243 e. The molecular formula is C15H25N5O2. The average Bonchev–Trinajstić information content (AvgIpc) is 3.36. The molecule has 0 bridgehead atoms. The lowest BCUT2D eigenvalue weighted by Crippen LogP contribution is -2.56. The van der Waals surface area contributed by atoms with E-state index in [1.165, 1.54) is 4.90 Å². The smallest absolute Gasteiger partial charge is 0.243 e. The molecule has 0 aromatic carbocycles. The first-order valence-electron chi connectivity index (χ1n) is 8.10. The second kappa shape index (κ2) is 6.14. The molecule has 0 aromatic rings. The van der Waals surface area contributed by atoms with E-state index in [-0.39, 0.29) is 18.4 Å². The van der Waals surface area contributed by atoms with E-state index < -0.39 is 0 Å². The predicted octanol–water partition coefficient (Wildman–Crippen LogP) is -0.511. The molecule has 1 heterocycles. The van der Waals surface area contributed by atoms with Crippen molar-refractivity contribution in [2.75, 3.05) is 40.3 Å². The summed E-state index contributed by atoms with van der Waals surface area (Å²) in [5, 5.41) is 3.37. The van der Waals surface area contributed by atoms with E-state index in [1.54, 1.807) is 14.1 Å². The molecule has 1 aliphatic heterocycles. The van der Waals surface area contributed by atoms with Gasteiger partial charge < -0.3 is 20.0 Å².